The van der Waals surface area contributed by atoms with E-state index in [0.717, 1.165) is 6.42 Å². The van der Waals surface area contributed by atoms with Crippen molar-refractivity contribution >= 4 is 17.8 Å². The molecule has 4 atom stereocenters. The molecule has 8 heteroatoms. The molecular weight excluding hydrogens is 400 g/mol. The number of aliphatic carboxylic acids is 1. The maximum absolute atomic E-state index is 13.5. The van der Waals surface area contributed by atoms with Gasteiger partial charge in [-0.05, 0) is 33.3 Å². The second-order valence-corrected chi connectivity index (χ2v) is 9.30. The van der Waals surface area contributed by atoms with Crippen molar-refractivity contribution in [2.75, 3.05) is 14.2 Å². The molecule has 0 aliphatic carbocycles. The lowest BCUT2D eigenvalue weighted by Gasteiger charge is -2.35. The maximum atomic E-state index is 13.5. The van der Waals surface area contributed by atoms with Crippen LogP contribution in [-0.2, 0) is 14.4 Å². The number of benzene rings is 1. The van der Waals surface area contributed by atoms with Crippen LogP contribution < -0.4 is 14.8 Å². The van der Waals surface area contributed by atoms with Gasteiger partial charge < -0.3 is 14.6 Å². The standard InChI is InChI=1S/C23H32N2O6/c1-7-8-11-23(21(28)29)17-16(19(26)25(20(17)27)22(2,3)4)18(24-23)14-10-9-13(30-5)12-15(14)31-6/h9-10,12,16-18,24H,7-8,11H2,1-6H3,(H,28,29). The minimum absolute atomic E-state index is 0.256. The van der Waals surface area contributed by atoms with Gasteiger partial charge in [0.2, 0.25) is 11.8 Å². The van der Waals surface area contributed by atoms with Crippen LogP contribution in [0.3, 0.4) is 0 Å². The van der Waals surface area contributed by atoms with Gasteiger partial charge in [0.25, 0.3) is 0 Å². The summed E-state index contributed by atoms with van der Waals surface area (Å²) in [4.78, 5) is 40.9. The third kappa shape index (κ3) is 3.56. The number of carboxylic acid groups (broad SMARTS) is 1. The molecule has 2 N–H and O–H groups in total. The molecule has 2 saturated heterocycles. The largest absolute Gasteiger partial charge is 0.497 e. The molecule has 2 amide bonds. The molecule has 1 aromatic rings. The number of nitrogens with one attached hydrogen (secondary N) is 1. The van der Waals surface area contributed by atoms with E-state index in [4.69, 9.17) is 9.47 Å². The average Bonchev–Trinajstić information content (AvgIpc) is 3.20. The Labute approximate surface area is 182 Å². The summed E-state index contributed by atoms with van der Waals surface area (Å²) in [6.07, 6.45) is 1.65. The molecule has 0 radical (unpaired) electrons. The summed E-state index contributed by atoms with van der Waals surface area (Å²) in [5, 5.41) is 13.5. The van der Waals surface area contributed by atoms with Gasteiger partial charge in [0.15, 0.2) is 0 Å². The quantitative estimate of drug-likeness (QED) is 0.638. The highest BCUT2D eigenvalue weighted by atomic mass is 16.5. The van der Waals surface area contributed by atoms with E-state index in [0.29, 0.717) is 23.5 Å². The Morgan fingerprint density at radius 1 is 1.19 bits per heavy atom. The number of fused-ring (bicyclic) bond motifs is 1. The van der Waals surface area contributed by atoms with E-state index in [1.54, 1.807) is 46.1 Å². The zero-order chi connectivity index (χ0) is 23.1. The van der Waals surface area contributed by atoms with Crippen LogP contribution in [0.15, 0.2) is 18.2 Å². The van der Waals surface area contributed by atoms with E-state index in [9.17, 15) is 19.5 Å². The number of amides is 2. The summed E-state index contributed by atoms with van der Waals surface area (Å²) in [7, 11) is 3.05. The van der Waals surface area contributed by atoms with Gasteiger partial charge in [-0.15, -0.1) is 0 Å². The molecule has 0 saturated carbocycles. The fourth-order valence-corrected chi connectivity index (χ4v) is 5.00. The van der Waals surface area contributed by atoms with Crippen molar-refractivity contribution < 1.29 is 29.0 Å². The minimum atomic E-state index is -1.52. The molecular formula is C23H32N2O6. The Bertz CT molecular complexity index is 893. The van der Waals surface area contributed by atoms with Gasteiger partial charge in [-0.2, -0.15) is 0 Å². The fourth-order valence-electron chi connectivity index (χ4n) is 5.00. The number of rotatable bonds is 7. The first-order chi connectivity index (χ1) is 14.5. The first kappa shape index (κ1) is 23.1. The van der Waals surface area contributed by atoms with E-state index < -0.39 is 40.8 Å². The van der Waals surface area contributed by atoms with Crippen molar-refractivity contribution in [1.82, 2.24) is 10.2 Å². The van der Waals surface area contributed by atoms with Crippen molar-refractivity contribution in [3.63, 3.8) is 0 Å². The molecule has 4 unspecified atom stereocenters. The van der Waals surface area contributed by atoms with Crippen molar-refractivity contribution in [3.8, 4) is 11.5 Å². The summed E-state index contributed by atoms with van der Waals surface area (Å²) < 4.78 is 10.8. The van der Waals surface area contributed by atoms with Crippen LogP contribution in [-0.4, -0.2) is 53.1 Å². The molecule has 3 rings (SSSR count). The summed E-state index contributed by atoms with van der Waals surface area (Å²) in [5.41, 5.74) is -1.64. The average molecular weight is 433 g/mol. The number of methoxy groups -OCH3 is 2. The second kappa shape index (κ2) is 8.15. The molecule has 0 spiro atoms. The number of unbranched alkanes of at least 4 members (excludes halogenated alkanes) is 1. The molecule has 2 fully saturated rings. The molecule has 2 heterocycles. The molecule has 8 nitrogen and oxygen atoms in total. The van der Waals surface area contributed by atoms with Crippen LogP contribution in [0.5, 0.6) is 11.5 Å². The summed E-state index contributed by atoms with van der Waals surface area (Å²) >= 11 is 0. The number of carboxylic acids is 1. The van der Waals surface area contributed by atoms with Crippen LogP contribution in [0.25, 0.3) is 0 Å². The highest BCUT2D eigenvalue weighted by Gasteiger charge is 2.69. The smallest absolute Gasteiger partial charge is 0.324 e. The highest BCUT2D eigenvalue weighted by Crippen LogP contribution is 2.53. The SMILES string of the molecule is CCCCC1(C(=O)O)NC(c2ccc(OC)cc2OC)C2C(=O)N(C(C)(C)C)C(=O)C21. The van der Waals surface area contributed by atoms with Crippen LogP contribution in [0.2, 0.25) is 0 Å². The number of carbonyl (C=O) groups excluding carboxylic acids is 2. The lowest BCUT2D eigenvalue weighted by Crippen LogP contribution is -2.57. The predicted molar refractivity (Wildman–Crippen MR) is 114 cm³/mol. The maximum Gasteiger partial charge on any atom is 0.324 e. The first-order valence-corrected chi connectivity index (χ1v) is 10.6. The van der Waals surface area contributed by atoms with Crippen molar-refractivity contribution in [3.05, 3.63) is 23.8 Å². The molecule has 0 bridgehead atoms. The Balaban J connectivity index is 2.19. The number of carbonyl (C=O) groups is 3. The fraction of sp³-hybridized carbons (Fsp3) is 0.609. The number of imide groups is 1. The lowest BCUT2D eigenvalue weighted by molar-refractivity contribution is -0.154. The van der Waals surface area contributed by atoms with Gasteiger partial charge in [0.1, 0.15) is 17.0 Å². The second-order valence-electron chi connectivity index (χ2n) is 9.30. The molecule has 170 valence electrons. The topological polar surface area (TPSA) is 105 Å². The minimum Gasteiger partial charge on any atom is -0.497 e. The Morgan fingerprint density at radius 3 is 2.39 bits per heavy atom. The summed E-state index contributed by atoms with van der Waals surface area (Å²) in [6, 6.07) is 4.52. The lowest BCUT2D eigenvalue weighted by atomic mass is 9.76. The van der Waals surface area contributed by atoms with E-state index in [1.165, 1.54) is 12.0 Å². The zero-order valence-electron chi connectivity index (χ0n) is 19.0. The van der Waals surface area contributed by atoms with E-state index in [1.807, 2.05) is 6.92 Å². The third-order valence-electron chi connectivity index (χ3n) is 6.41. The van der Waals surface area contributed by atoms with Gasteiger partial charge in [-0.25, -0.2) is 0 Å². The van der Waals surface area contributed by atoms with Gasteiger partial charge in [0.05, 0.1) is 26.1 Å². The number of nitrogens with zero attached hydrogens (tertiary/aromatic N) is 1. The summed E-state index contributed by atoms with van der Waals surface area (Å²) in [6.45, 7) is 7.33. The number of ether oxygens (including phenoxy) is 2. The molecule has 31 heavy (non-hydrogen) atoms. The van der Waals surface area contributed by atoms with Crippen molar-refractivity contribution in [1.29, 1.82) is 0 Å². The summed E-state index contributed by atoms with van der Waals surface area (Å²) in [5.74, 6) is -2.65. The van der Waals surface area contributed by atoms with Crippen molar-refractivity contribution in [2.24, 2.45) is 11.8 Å². The monoisotopic (exact) mass is 432 g/mol. The van der Waals surface area contributed by atoms with Gasteiger partial charge >= 0.3 is 5.97 Å². The molecule has 2 aliphatic heterocycles. The van der Waals surface area contributed by atoms with E-state index in [-0.39, 0.29) is 12.3 Å². The van der Waals surface area contributed by atoms with E-state index in [2.05, 4.69) is 5.32 Å². The third-order valence-corrected chi connectivity index (χ3v) is 6.41. The Hall–Kier alpha value is -2.61. The van der Waals surface area contributed by atoms with Crippen molar-refractivity contribution in [2.45, 2.75) is 64.1 Å². The molecule has 2 aliphatic rings. The predicted octanol–water partition coefficient (Wildman–Crippen LogP) is 2.76. The molecule has 0 aromatic heterocycles. The first-order valence-electron chi connectivity index (χ1n) is 10.6. The number of hydrogen-bond donors (Lipinski definition) is 2. The van der Waals surface area contributed by atoms with Crippen LogP contribution >= 0.6 is 0 Å². The number of likely N-dealkylation sites (tertiary alicyclic amines) is 1. The highest BCUT2D eigenvalue weighted by molar-refractivity contribution is 6.10. The van der Waals surface area contributed by atoms with Gasteiger partial charge in [0, 0.05) is 23.2 Å². The molecule has 1 aromatic carbocycles. The Kier molecular flexibility index (Phi) is 6.06. The zero-order valence-corrected chi connectivity index (χ0v) is 19.0. The van der Waals surface area contributed by atoms with Gasteiger partial charge in [-0.3, -0.25) is 24.6 Å². The van der Waals surface area contributed by atoms with E-state index >= 15 is 0 Å². The number of hydrogen-bond acceptors (Lipinski definition) is 6. The van der Waals surface area contributed by atoms with Crippen LogP contribution in [0.1, 0.15) is 58.6 Å². The van der Waals surface area contributed by atoms with Crippen LogP contribution in [0.4, 0.5) is 0 Å². The van der Waals surface area contributed by atoms with Gasteiger partial charge in [-0.1, -0.05) is 25.8 Å². The van der Waals surface area contributed by atoms with Crippen LogP contribution in [0, 0.1) is 11.8 Å². The normalized spacial score (nSPS) is 28.1. The Morgan fingerprint density at radius 2 is 1.87 bits per heavy atom.